The molecule has 2 rings (SSSR count). The fraction of sp³-hybridized carbons (Fsp3) is 0.455. The summed E-state index contributed by atoms with van der Waals surface area (Å²) >= 11 is 0. The number of rotatable bonds is 1. The second-order valence-corrected chi connectivity index (χ2v) is 3.56. The topological polar surface area (TPSA) is 48.7 Å². The summed E-state index contributed by atoms with van der Waals surface area (Å²) in [4.78, 5) is 4.29. The first-order chi connectivity index (χ1) is 6.90. The number of hydrogen-bond donors (Lipinski definition) is 1. The third-order valence-electron chi connectivity index (χ3n) is 2.55. The van der Waals surface area contributed by atoms with Gasteiger partial charge in [-0.2, -0.15) is 5.26 Å². The van der Waals surface area contributed by atoms with Crippen LogP contribution in [0.3, 0.4) is 0 Å². The molecule has 1 aromatic rings. The van der Waals surface area contributed by atoms with Gasteiger partial charge >= 0.3 is 0 Å². The van der Waals surface area contributed by atoms with Crippen molar-refractivity contribution >= 4 is 0 Å². The number of aromatic nitrogens is 1. The molecule has 0 bridgehead atoms. The van der Waals surface area contributed by atoms with Gasteiger partial charge in [0.1, 0.15) is 11.8 Å². The average molecular weight is 187 g/mol. The molecule has 0 amide bonds. The molecule has 1 N–H and O–H groups in total. The summed E-state index contributed by atoms with van der Waals surface area (Å²) < 4.78 is 0. The lowest BCUT2D eigenvalue weighted by atomic mass is 10.0. The van der Waals surface area contributed by atoms with E-state index in [0.29, 0.717) is 11.7 Å². The number of nitrogens with one attached hydrogen (secondary N) is 1. The van der Waals surface area contributed by atoms with E-state index in [1.807, 2.05) is 12.1 Å². The molecule has 1 saturated heterocycles. The van der Waals surface area contributed by atoms with Crippen molar-refractivity contribution in [2.75, 3.05) is 6.54 Å². The van der Waals surface area contributed by atoms with Crippen LogP contribution in [-0.4, -0.2) is 11.5 Å². The summed E-state index contributed by atoms with van der Waals surface area (Å²) in [6.45, 7) is 1.06. The Labute approximate surface area is 83.8 Å². The molecule has 0 aliphatic carbocycles. The van der Waals surface area contributed by atoms with Gasteiger partial charge in [-0.1, -0.05) is 12.5 Å². The molecule has 3 heteroatoms. The van der Waals surface area contributed by atoms with Gasteiger partial charge in [-0.15, -0.1) is 0 Å². The van der Waals surface area contributed by atoms with Crippen molar-refractivity contribution in [3.63, 3.8) is 0 Å². The Morgan fingerprint density at radius 3 is 3.07 bits per heavy atom. The van der Waals surface area contributed by atoms with Gasteiger partial charge in [0.25, 0.3) is 0 Å². The zero-order valence-electron chi connectivity index (χ0n) is 8.03. The van der Waals surface area contributed by atoms with Crippen LogP contribution >= 0.6 is 0 Å². The normalized spacial score (nSPS) is 21.5. The monoisotopic (exact) mass is 187 g/mol. The van der Waals surface area contributed by atoms with Crippen LogP contribution < -0.4 is 5.32 Å². The van der Waals surface area contributed by atoms with Crippen LogP contribution in [0.2, 0.25) is 0 Å². The maximum atomic E-state index is 8.73. The summed E-state index contributed by atoms with van der Waals surface area (Å²) in [5.74, 6) is 0. The van der Waals surface area contributed by atoms with Gasteiger partial charge < -0.3 is 5.32 Å². The van der Waals surface area contributed by atoms with Gasteiger partial charge in [-0.25, -0.2) is 4.98 Å². The quantitative estimate of drug-likeness (QED) is 0.728. The predicted octanol–water partition coefficient (Wildman–Crippen LogP) is 1.77. The van der Waals surface area contributed by atoms with Crippen LogP contribution in [-0.2, 0) is 0 Å². The summed E-state index contributed by atoms with van der Waals surface area (Å²) in [6, 6.07) is 8.04. The van der Waals surface area contributed by atoms with Gasteiger partial charge in [-0.3, -0.25) is 0 Å². The van der Waals surface area contributed by atoms with E-state index in [2.05, 4.69) is 16.4 Å². The molecule has 3 nitrogen and oxygen atoms in total. The Kier molecular flexibility index (Phi) is 2.76. The van der Waals surface area contributed by atoms with Crippen molar-refractivity contribution in [1.29, 1.82) is 5.26 Å². The SMILES string of the molecule is N#Cc1cccc(C2CCCCN2)n1. The highest BCUT2D eigenvalue weighted by Gasteiger charge is 2.15. The molecule has 1 aliphatic rings. The maximum absolute atomic E-state index is 8.73. The number of nitrogens with zero attached hydrogens (tertiary/aromatic N) is 2. The minimum atomic E-state index is 0.344. The molecule has 1 aliphatic heterocycles. The van der Waals surface area contributed by atoms with Crippen LogP contribution in [0, 0.1) is 11.3 Å². The minimum absolute atomic E-state index is 0.344. The van der Waals surface area contributed by atoms with E-state index in [1.165, 1.54) is 12.8 Å². The van der Waals surface area contributed by atoms with Gasteiger partial charge in [0.2, 0.25) is 0 Å². The molecule has 1 fully saturated rings. The second-order valence-electron chi connectivity index (χ2n) is 3.56. The second kappa shape index (κ2) is 4.21. The highest BCUT2D eigenvalue weighted by atomic mass is 14.9. The highest BCUT2D eigenvalue weighted by Crippen LogP contribution is 2.20. The van der Waals surface area contributed by atoms with Crippen LogP contribution in [0.15, 0.2) is 18.2 Å². The Hall–Kier alpha value is -1.40. The molecule has 1 aromatic heterocycles. The minimum Gasteiger partial charge on any atom is -0.309 e. The van der Waals surface area contributed by atoms with Crippen molar-refractivity contribution in [2.45, 2.75) is 25.3 Å². The van der Waals surface area contributed by atoms with Gasteiger partial charge in [0, 0.05) is 6.04 Å². The molecule has 72 valence electrons. The fourth-order valence-electron chi connectivity index (χ4n) is 1.81. The molecular weight excluding hydrogens is 174 g/mol. The van der Waals surface area contributed by atoms with Crippen molar-refractivity contribution in [3.05, 3.63) is 29.6 Å². The van der Waals surface area contributed by atoms with Gasteiger partial charge in [-0.05, 0) is 31.5 Å². The summed E-state index contributed by atoms with van der Waals surface area (Å²) in [5, 5.41) is 12.1. The van der Waals surface area contributed by atoms with Crippen molar-refractivity contribution in [2.24, 2.45) is 0 Å². The van der Waals surface area contributed by atoms with Crippen molar-refractivity contribution in [3.8, 4) is 6.07 Å². The first-order valence-corrected chi connectivity index (χ1v) is 5.00. The number of piperidine rings is 1. The van der Waals surface area contributed by atoms with Gasteiger partial charge in [0.05, 0.1) is 5.69 Å². The lowest BCUT2D eigenvalue weighted by Gasteiger charge is -2.22. The fourth-order valence-corrected chi connectivity index (χ4v) is 1.81. The zero-order chi connectivity index (χ0) is 9.80. The largest absolute Gasteiger partial charge is 0.309 e. The van der Waals surface area contributed by atoms with E-state index in [1.54, 1.807) is 6.07 Å². The number of nitriles is 1. The Balaban J connectivity index is 2.18. The molecule has 14 heavy (non-hydrogen) atoms. The van der Waals surface area contributed by atoms with Crippen LogP contribution in [0.4, 0.5) is 0 Å². The molecule has 1 unspecified atom stereocenters. The van der Waals surface area contributed by atoms with Crippen LogP contribution in [0.25, 0.3) is 0 Å². The zero-order valence-corrected chi connectivity index (χ0v) is 8.03. The first kappa shape index (κ1) is 9.17. The van der Waals surface area contributed by atoms with E-state index in [9.17, 15) is 0 Å². The van der Waals surface area contributed by atoms with E-state index in [4.69, 9.17) is 5.26 Å². The number of pyridine rings is 1. The molecule has 1 atom stereocenters. The molecule has 2 heterocycles. The van der Waals surface area contributed by atoms with Gasteiger partial charge in [0.15, 0.2) is 0 Å². The summed E-state index contributed by atoms with van der Waals surface area (Å²) in [7, 11) is 0. The lowest BCUT2D eigenvalue weighted by Crippen LogP contribution is -2.27. The maximum Gasteiger partial charge on any atom is 0.140 e. The van der Waals surface area contributed by atoms with E-state index < -0.39 is 0 Å². The summed E-state index contributed by atoms with van der Waals surface area (Å²) in [6.07, 6.45) is 3.62. The number of hydrogen-bond acceptors (Lipinski definition) is 3. The summed E-state index contributed by atoms with van der Waals surface area (Å²) in [5.41, 5.74) is 1.51. The Morgan fingerprint density at radius 2 is 2.36 bits per heavy atom. The molecule has 0 saturated carbocycles. The third-order valence-corrected chi connectivity index (χ3v) is 2.55. The van der Waals surface area contributed by atoms with Crippen molar-refractivity contribution < 1.29 is 0 Å². The molecular formula is C11H13N3. The predicted molar refractivity (Wildman–Crippen MR) is 53.5 cm³/mol. The molecule has 0 aromatic carbocycles. The standard InChI is InChI=1S/C11H13N3/c12-8-9-4-3-6-11(14-9)10-5-1-2-7-13-10/h3-4,6,10,13H,1-2,5,7H2. The van der Waals surface area contributed by atoms with Crippen LogP contribution in [0.5, 0.6) is 0 Å². The van der Waals surface area contributed by atoms with E-state index in [0.717, 1.165) is 18.7 Å². The molecule has 0 radical (unpaired) electrons. The molecule has 0 spiro atoms. The third kappa shape index (κ3) is 1.91. The Morgan fingerprint density at radius 1 is 1.43 bits per heavy atom. The first-order valence-electron chi connectivity index (χ1n) is 5.00. The van der Waals surface area contributed by atoms with Crippen molar-refractivity contribution in [1.82, 2.24) is 10.3 Å². The van der Waals surface area contributed by atoms with E-state index in [-0.39, 0.29) is 0 Å². The Bertz CT molecular complexity index is 348. The smallest absolute Gasteiger partial charge is 0.140 e. The lowest BCUT2D eigenvalue weighted by molar-refractivity contribution is 0.405. The highest BCUT2D eigenvalue weighted by molar-refractivity contribution is 5.23. The average Bonchev–Trinajstić information content (AvgIpc) is 2.30. The van der Waals surface area contributed by atoms with Crippen LogP contribution in [0.1, 0.15) is 36.7 Å². The van der Waals surface area contributed by atoms with E-state index >= 15 is 0 Å².